The summed E-state index contributed by atoms with van der Waals surface area (Å²) in [7, 11) is 5.90. The first kappa shape index (κ1) is 21.6. The van der Waals surface area contributed by atoms with E-state index in [2.05, 4.69) is 5.32 Å². The van der Waals surface area contributed by atoms with Crippen molar-refractivity contribution in [2.24, 2.45) is 0 Å². The van der Waals surface area contributed by atoms with Gasteiger partial charge in [0.25, 0.3) is 0 Å². The van der Waals surface area contributed by atoms with E-state index in [4.69, 9.17) is 18.9 Å². The van der Waals surface area contributed by atoms with Crippen molar-refractivity contribution < 1.29 is 33.6 Å². The van der Waals surface area contributed by atoms with E-state index in [9.17, 15) is 14.7 Å². The molecule has 0 fully saturated rings. The van der Waals surface area contributed by atoms with Crippen LogP contribution in [-0.2, 0) is 9.59 Å². The molecule has 2 rings (SSSR count). The number of methoxy groups -OCH3 is 4. The molecule has 0 unspecified atom stereocenters. The molecule has 0 aliphatic carbocycles. The molecule has 2 aromatic carbocycles. The van der Waals surface area contributed by atoms with Gasteiger partial charge >= 0.3 is 5.97 Å². The number of carbonyl (C=O) groups excluding carboxylic acids is 1. The van der Waals surface area contributed by atoms with Gasteiger partial charge in [-0.2, -0.15) is 0 Å². The monoisotopic (exact) mass is 401 g/mol. The Hall–Kier alpha value is -3.68. The molecule has 0 atom stereocenters. The lowest BCUT2D eigenvalue weighted by Crippen LogP contribution is -2.08. The lowest BCUT2D eigenvalue weighted by atomic mass is 10.0. The van der Waals surface area contributed by atoms with Crippen molar-refractivity contribution in [2.75, 3.05) is 33.8 Å². The largest absolute Gasteiger partial charge is 0.495 e. The van der Waals surface area contributed by atoms with Crippen LogP contribution in [0.4, 0.5) is 5.69 Å². The zero-order valence-electron chi connectivity index (χ0n) is 16.9. The van der Waals surface area contributed by atoms with Crippen molar-refractivity contribution in [3.8, 4) is 23.0 Å². The second-order valence-corrected chi connectivity index (χ2v) is 5.92. The van der Waals surface area contributed by atoms with E-state index in [1.54, 1.807) is 24.3 Å². The molecule has 0 bridgehead atoms. The molecule has 0 saturated heterocycles. The standard InChI is InChI=1S/C21H23NO7/c1-12(23)22-16-11-14(6-7-17(16)26-2)15(21(24)25)8-13-9-18(27-3)20(29-5)19(10-13)28-4/h6-11H,1-5H3,(H,22,23)(H,24,25)/b15-8+. The van der Waals surface area contributed by atoms with Crippen molar-refractivity contribution in [1.29, 1.82) is 0 Å². The zero-order chi connectivity index (χ0) is 21.6. The first-order valence-corrected chi connectivity index (χ1v) is 8.55. The van der Waals surface area contributed by atoms with Gasteiger partial charge in [-0.1, -0.05) is 6.07 Å². The van der Waals surface area contributed by atoms with Crippen LogP contribution in [-0.4, -0.2) is 45.4 Å². The number of benzene rings is 2. The van der Waals surface area contributed by atoms with Gasteiger partial charge in [-0.25, -0.2) is 4.79 Å². The number of carboxylic acid groups (broad SMARTS) is 1. The quantitative estimate of drug-likeness (QED) is 0.517. The van der Waals surface area contributed by atoms with E-state index in [1.807, 2.05) is 0 Å². The number of carbonyl (C=O) groups is 2. The number of amides is 1. The predicted octanol–water partition coefficient (Wildman–Crippen LogP) is 3.30. The number of ether oxygens (including phenoxy) is 4. The number of hydrogen-bond donors (Lipinski definition) is 2. The number of aliphatic carboxylic acids is 1. The molecule has 2 aromatic rings. The van der Waals surface area contributed by atoms with Crippen molar-refractivity contribution in [2.45, 2.75) is 6.92 Å². The van der Waals surface area contributed by atoms with Crippen molar-refractivity contribution >= 4 is 29.2 Å². The molecule has 0 spiro atoms. The van der Waals surface area contributed by atoms with Crippen LogP contribution in [0.2, 0.25) is 0 Å². The van der Waals surface area contributed by atoms with E-state index in [-0.39, 0.29) is 11.5 Å². The van der Waals surface area contributed by atoms with Gasteiger partial charge in [-0.15, -0.1) is 0 Å². The first-order chi connectivity index (χ1) is 13.8. The van der Waals surface area contributed by atoms with Crippen LogP contribution in [0.15, 0.2) is 30.3 Å². The molecule has 2 N–H and O–H groups in total. The van der Waals surface area contributed by atoms with Crippen LogP contribution < -0.4 is 24.3 Å². The number of carboxylic acids is 1. The Morgan fingerprint density at radius 2 is 1.48 bits per heavy atom. The third-order valence-electron chi connectivity index (χ3n) is 4.05. The van der Waals surface area contributed by atoms with Gasteiger partial charge in [0.1, 0.15) is 5.75 Å². The highest BCUT2D eigenvalue weighted by atomic mass is 16.5. The molecule has 0 heterocycles. The van der Waals surface area contributed by atoms with Crippen LogP contribution in [0.25, 0.3) is 11.6 Å². The summed E-state index contributed by atoms with van der Waals surface area (Å²) in [6, 6.07) is 8.01. The minimum atomic E-state index is -1.14. The van der Waals surface area contributed by atoms with Crippen LogP contribution in [0, 0.1) is 0 Å². The Bertz CT molecular complexity index is 925. The summed E-state index contributed by atoms with van der Waals surface area (Å²) in [4.78, 5) is 23.4. The predicted molar refractivity (Wildman–Crippen MR) is 109 cm³/mol. The molecule has 29 heavy (non-hydrogen) atoms. The lowest BCUT2D eigenvalue weighted by Gasteiger charge is -2.14. The van der Waals surface area contributed by atoms with E-state index < -0.39 is 5.97 Å². The Kier molecular flexibility index (Phi) is 7.08. The molecule has 0 aliphatic rings. The molecule has 1 amide bonds. The van der Waals surface area contributed by atoms with Gasteiger partial charge < -0.3 is 29.4 Å². The summed E-state index contributed by atoms with van der Waals surface area (Å²) in [6.45, 7) is 1.36. The van der Waals surface area contributed by atoms with Gasteiger partial charge in [0.05, 0.1) is 39.7 Å². The Labute approximate surface area is 168 Å². The Balaban J connectivity index is 2.62. The summed E-state index contributed by atoms with van der Waals surface area (Å²) in [5, 5.41) is 12.4. The fraction of sp³-hybridized carbons (Fsp3) is 0.238. The molecule has 0 aliphatic heterocycles. The zero-order valence-corrected chi connectivity index (χ0v) is 16.9. The first-order valence-electron chi connectivity index (χ1n) is 8.55. The van der Waals surface area contributed by atoms with E-state index in [0.717, 1.165) is 0 Å². The van der Waals surface area contributed by atoms with Crippen LogP contribution in [0.5, 0.6) is 23.0 Å². The van der Waals surface area contributed by atoms with Crippen molar-refractivity contribution in [3.05, 3.63) is 41.5 Å². The summed E-state index contributed by atoms with van der Waals surface area (Å²) < 4.78 is 21.1. The third-order valence-corrected chi connectivity index (χ3v) is 4.05. The fourth-order valence-corrected chi connectivity index (χ4v) is 2.78. The van der Waals surface area contributed by atoms with Gasteiger partial charge in [0, 0.05) is 6.92 Å². The smallest absolute Gasteiger partial charge is 0.336 e. The molecule has 0 aromatic heterocycles. The minimum absolute atomic E-state index is 0.00790. The minimum Gasteiger partial charge on any atom is -0.495 e. The fourth-order valence-electron chi connectivity index (χ4n) is 2.78. The average molecular weight is 401 g/mol. The molecule has 0 radical (unpaired) electrons. The van der Waals surface area contributed by atoms with E-state index in [1.165, 1.54) is 47.5 Å². The highest BCUT2D eigenvalue weighted by Gasteiger charge is 2.17. The highest BCUT2D eigenvalue weighted by Crippen LogP contribution is 2.39. The number of nitrogens with one attached hydrogen (secondary N) is 1. The summed E-state index contributed by atoms with van der Waals surface area (Å²) in [5.41, 5.74) is 1.30. The normalized spacial score (nSPS) is 10.9. The van der Waals surface area contributed by atoms with Crippen LogP contribution in [0.3, 0.4) is 0 Å². The Morgan fingerprint density at radius 1 is 0.897 bits per heavy atom. The van der Waals surface area contributed by atoms with E-state index in [0.29, 0.717) is 39.8 Å². The molecular weight excluding hydrogens is 378 g/mol. The lowest BCUT2D eigenvalue weighted by molar-refractivity contribution is -0.130. The second-order valence-electron chi connectivity index (χ2n) is 5.92. The molecular formula is C21H23NO7. The van der Waals surface area contributed by atoms with Crippen molar-refractivity contribution in [1.82, 2.24) is 0 Å². The van der Waals surface area contributed by atoms with Crippen molar-refractivity contribution in [3.63, 3.8) is 0 Å². The van der Waals surface area contributed by atoms with Gasteiger partial charge in [-0.05, 0) is 41.5 Å². The third kappa shape index (κ3) is 4.98. The van der Waals surface area contributed by atoms with Gasteiger partial charge in [0.2, 0.25) is 11.7 Å². The number of hydrogen-bond acceptors (Lipinski definition) is 6. The maximum atomic E-state index is 12.0. The number of anilines is 1. The van der Waals surface area contributed by atoms with E-state index >= 15 is 0 Å². The summed E-state index contributed by atoms with van der Waals surface area (Å²) >= 11 is 0. The second kappa shape index (κ2) is 9.50. The maximum absolute atomic E-state index is 12.0. The SMILES string of the molecule is COc1ccc(/C(=C\c2cc(OC)c(OC)c(OC)c2)C(=O)O)cc1NC(C)=O. The number of rotatable bonds is 8. The van der Waals surface area contributed by atoms with Crippen LogP contribution in [0.1, 0.15) is 18.1 Å². The summed E-state index contributed by atoms with van der Waals surface area (Å²) in [6.07, 6.45) is 1.48. The molecule has 8 heteroatoms. The topological polar surface area (TPSA) is 103 Å². The highest BCUT2D eigenvalue weighted by molar-refractivity contribution is 6.21. The van der Waals surface area contributed by atoms with Gasteiger partial charge in [-0.3, -0.25) is 4.79 Å². The average Bonchev–Trinajstić information content (AvgIpc) is 2.70. The molecule has 0 saturated carbocycles. The molecule has 8 nitrogen and oxygen atoms in total. The maximum Gasteiger partial charge on any atom is 0.336 e. The molecule has 154 valence electrons. The van der Waals surface area contributed by atoms with Gasteiger partial charge in [0.15, 0.2) is 11.5 Å². The Morgan fingerprint density at radius 3 is 1.93 bits per heavy atom. The summed E-state index contributed by atoms with van der Waals surface area (Å²) in [5.74, 6) is 0.180. The van der Waals surface area contributed by atoms with Crippen LogP contribution >= 0.6 is 0 Å².